The monoisotopic (exact) mass is 690 g/mol. The van der Waals surface area contributed by atoms with E-state index in [0.29, 0.717) is 6.20 Å². The largest absolute Gasteiger partial charge is 0.462 e. The predicted molar refractivity (Wildman–Crippen MR) is 157 cm³/mol. The van der Waals surface area contributed by atoms with Crippen LogP contribution in [0.2, 0.25) is 0 Å². The van der Waals surface area contributed by atoms with Gasteiger partial charge in [-0.1, -0.05) is 0 Å². The molecule has 258 valence electrons. The summed E-state index contributed by atoms with van der Waals surface area (Å²) >= 11 is 0. The zero-order valence-electron chi connectivity index (χ0n) is 27.0. The standard InChI is InChI=1S/C26H43F3N4O10P2/c1-14(2)41-21(34)17(6)31-44(9,37)39-12-20-25(8,13-40-45(10,38)32-18(7)22(35)42-15(3)4)26(28,29)23(43-20)33-11-19(27)16(5)30-24(33)36/h11,14-15,17-18,20,23H,12-13H2,1-10H3,(H,31,37)(H,32,38)/t17-,18-,20+,23-,25?,44?,45?/m0/s1. The van der Waals surface area contributed by atoms with E-state index in [2.05, 4.69) is 15.2 Å². The molecule has 3 unspecified atom stereocenters. The van der Waals surface area contributed by atoms with Crippen LogP contribution in [0, 0.1) is 18.2 Å². The van der Waals surface area contributed by atoms with Crippen LogP contribution in [0.1, 0.15) is 60.4 Å². The van der Waals surface area contributed by atoms with Gasteiger partial charge in [0.25, 0.3) is 15.0 Å². The van der Waals surface area contributed by atoms with E-state index in [0.717, 1.165) is 20.3 Å². The summed E-state index contributed by atoms with van der Waals surface area (Å²) in [4.78, 5) is 40.4. The summed E-state index contributed by atoms with van der Waals surface area (Å²) in [5, 5.41) is 4.91. The smallest absolute Gasteiger partial charge is 0.350 e. The first-order valence-electron chi connectivity index (χ1n) is 14.1. The quantitative estimate of drug-likeness (QED) is 0.201. The molecule has 0 aliphatic carbocycles. The molecule has 0 aromatic carbocycles. The minimum absolute atomic E-state index is 0.280. The normalized spacial score (nSPS) is 25.4. The number of halogens is 3. The first kappa shape index (κ1) is 39.1. The van der Waals surface area contributed by atoms with Gasteiger partial charge in [-0.05, 0) is 55.4 Å². The molecule has 1 saturated heterocycles. The summed E-state index contributed by atoms with van der Waals surface area (Å²) in [6, 6.07) is -2.23. The number of hydrogen-bond donors (Lipinski definition) is 2. The molecule has 2 rings (SSSR count). The van der Waals surface area contributed by atoms with Crippen molar-refractivity contribution in [2.75, 3.05) is 26.5 Å². The zero-order chi connectivity index (χ0) is 34.7. The van der Waals surface area contributed by atoms with Crippen molar-refractivity contribution in [1.29, 1.82) is 0 Å². The Kier molecular flexibility index (Phi) is 12.8. The number of alkyl halides is 2. The van der Waals surface area contributed by atoms with Crippen LogP contribution >= 0.6 is 15.0 Å². The van der Waals surface area contributed by atoms with Gasteiger partial charge in [0.05, 0.1) is 42.6 Å². The van der Waals surface area contributed by atoms with Crippen molar-refractivity contribution in [2.24, 2.45) is 5.41 Å². The fourth-order valence-corrected chi connectivity index (χ4v) is 6.95. The number of carbonyl (C=O) groups excluding carboxylic acids is 2. The number of ether oxygens (including phenoxy) is 3. The summed E-state index contributed by atoms with van der Waals surface area (Å²) in [5.74, 6) is -6.58. The van der Waals surface area contributed by atoms with Crippen LogP contribution in [0.4, 0.5) is 13.2 Å². The highest BCUT2D eigenvalue weighted by molar-refractivity contribution is 7.56. The van der Waals surface area contributed by atoms with Gasteiger partial charge < -0.3 is 23.3 Å². The van der Waals surface area contributed by atoms with E-state index in [9.17, 15) is 27.9 Å². The van der Waals surface area contributed by atoms with Crippen molar-refractivity contribution < 1.29 is 55.1 Å². The highest BCUT2D eigenvalue weighted by Crippen LogP contribution is 2.57. The molecule has 0 amide bonds. The molecule has 19 heteroatoms. The molecule has 1 fully saturated rings. The molecule has 0 bridgehead atoms. The molecule has 7 atom stereocenters. The highest BCUT2D eigenvalue weighted by atomic mass is 31.2. The van der Waals surface area contributed by atoms with Crippen LogP contribution in [0.15, 0.2) is 11.0 Å². The number of hydrogen-bond acceptors (Lipinski definition) is 11. The molecule has 2 N–H and O–H groups in total. The summed E-state index contributed by atoms with van der Waals surface area (Å²) < 4.78 is 100. The van der Waals surface area contributed by atoms with Gasteiger partial charge in [-0.15, -0.1) is 0 Å². The summed E-state index contributed by atoms with van der Waals surface area (Å²) in [6.45, 7) is 11.7. The first-order valence-corrected chi connectivity index (χ1v) is 18.3. The molecule has 1 aliphatic heterocycles. The number of esters is 2. The van der Waals surface area contributed by atoms with Crippen molar-refractivity contribution in [3.63, 3.8) is 0 Å². The Hall–Kier alpha value is -2.13. The fraction of sp³-hybridized carbons (Fsp3) is 0.769. The van der Waals surface area contributed by atoms with Crippen molar-refractivity contribution >= 4 is 27.0 Å². The third-order valence-electron chi connectivity index (χ3n) is 6.76. The van der Waals surface area contributed by atoms with Crippen LogP contribution in [-0.4, -0.2) is 84.4 Å². The second kappa shape index (κ2) is 14.7. The Bertz CT molecular complexity index is 1390. The van der Waals surface area contributed by atoms with Crippen molar-refractivity contribution in [2.45, 2.75) is 97.9 Å². The average molecular weight is 691 g/mol. The van der Waals surface area contributed by atoms with Gasteiger partial charge in [-0.25, -0.2) is 28.1 Å². The number of aromatic nitrogens is 2. The SMILES string of the molecule is Cc1nc(=O)n([C@H]2O[C@H](COP(C)(=O)N[C@@H](C)C(=O)OC(C)C)C(C)(COP(C)(=O)N[C@@H](C)C(=O)OC(C)C)C2(F)F)cc1F. The van der Waals surface area contributed by atoms with Crippen molar-refractivity contribution in [3.05, 3.63) is 28.2 Å². The van der Waals surface area contributed by atoms with E-state index in [1.807, 2.05) is 0 Å². The second-order valence-electron chi connectivity index (χ2n) is 11.8. The molecule has 2 heterocycles. The lowest BCUT2D eigenvalue weighted by Crippen LogP contribution is -2.49. The molecule has 1 aromatic heterocycles. The number of aryl methyl sites for hydroxylation is 1. The number of nitrogens with zero attached hydrogens (tertiary/aromatic N) is 2. The predicted octanol–water partition coefficient (Wildman–Crippen LogP) is 3.77. The maximum absolute atomic E-state index is 16.3. The number of nitrogens with one attached hydrogen (secondary N) is 2. The van der Waals surface area contributed by atoms with Crippen LogP contribution < -0.4 is 15.9 Å². The van der Waals surface area contributed by atoms with Crippen LogP contribution in [0.25, 0.3) is 0 Å². The van der Waals surface area contributed by atoms with E-state index in [-0.39, 0.29) is 10.3 Å². The first-order chi connectivity index (χ1) is 20.4. The van der Waals surface area contributed by atoms with Gasteiger partial charge in [-0.3, -0.25) is 23.3 Å². The van der Waals surface area contributed by atoms with E-state index in [1.165, 1.54) is 20.8 Å². The Morgan fingerprint density at radius 3 is 1.93 bits per heavy atom. The molecular weight excluding hydrogens is 647 g/mol. The maximum atomic E-state index is 16.3. The van der Waals surface area contributed by atoms with Gasteiger partial charge in [0, 0.05) is 19.5 Å². The Labute approximate surface area is 260 Å². The third-order valence-corrected chi connectivity index (χ3v) is 9.74. The second-order valence-corrected chi connectivity index (χ2v) is 16.2. The van der Waals surface area contributed by atoms with Gasteiger partial charge in [0.15, 0.2) is 5.82 Å². The van der Waals surface area contributed by atoms with Gasteiger partial charge >= 0.3 is 23.6 Å². The van der Waals surface area contributed by atoms with Crippen molar-refractivity contribution in [1.82, 2.24) is 19.7 Å². The van der Waals surface area contributed by atoms with E-state index < -0.39 is 99.7 Å². The molecule has 45 heavy (non-hydrogen) atoms. The summed E-state index contributed by atoms with van der Waals surface area (Å²) in [5.41, 5.74) is -4.01. The van der Waals surface area contributed by atoms with Crippen LogP contribution in [-0.2, 0) is 42.0 Å². The Morgan fingerprint density at radius 2 is 1.47 bits per heavy atom. The molecule has 14 nitrogen and oxygen atoms in total. The lowest BCUT2D eigenvalue weighted by Gasteiger charge is -2.35. The lowest BCUT2D eigenvalue weighted by molar-refractivity contribution is -0.153. The van der Waals surface area contributed by atoms with Crippen LogP contribution in [0.3, 0.4) is 0 Å². The zero-order valence-corrected chi connectivity index (χ0v) is 28.7. The molecule has 0 radical (unpaired) electrons. The minimum atomic E-state index is -4.03. The lowest BCUT2D eigenvalue weighted by atomic mass is 9.80. The van der Waals surface area contributed by atoms with Crippen molar-refractivity contribution in [3.8, 4) is 0 Å². The highest BCUT2D eigenvalue weighted by Gasteiger charge is 2.68. The minimum Gasteiger partial charge on any atom is -0.462 e. The molecule has 1 aliphatic rings. The molecule has 0 saturated carbocycles. The topological polar surface area (TPSA) is 173 Å². The summed E-state index contributed by atoms with van der Waals surface area (Å²) in [6.07, 6.45) is -4.53. The summed E-state index contributed by atoms with van der Waals surface area (Å²) in [7, 11) is -7.85. The number of rotatable bonds is 15. The van der Waals surface area contributed by atoms with E-state index in [1.54, 1.807) is 27.7 Å². The third kappa shape index (κ3) is 9.93. The molecule has 0 spiro atoms. The number of carbonyl (C=O) groups is 2. The van der Waals surface area contributed by atoms with Gasteiger partial charge in [0.2, 0.25) is 6.23 Å². The maximum Gasteiger partial charge on any atom is 0.350 e. The van der Waals surface area contributed by atoms with Gasteiger partial charge in [0.1, 0.15) is 12.1 Å². The Balaban J connectivity index is 2.39. The van der Waals surface area contributed by atoms with Crippen LogP contribution in [0.5, 0.6) is 0 Å². The molecule has 1 aromatic rings. The van der Waals surface area contributed by atoms with E-state index >= 15 is 8.78 Å². The Morgan fingerprint density at radius 1 is 1.00 bits per heavy atom. The van der Waals surface area contributed by atoms with Gasteiger partial charge in [-0.2, -0.15) is 4.98 Å². The molecular formula is C26H43F3N4O10P2. The van der Waals surface area contributed by atoms with E-state index in [4.69, 9.17) is 23.3 Å². The average Bonchev–Trinajstić information content (AvgIpc) is 3.07. The fourth-order valence-electron chi connectivity index (χ4n) is 4.25.